The van der Waals surface area contributed by atoms with Gasteiger partial charge in [-0.15, -0.1) is 0 Å². The number of nitrogens with one attached hydrogen (secondary N) is 1. The fraction of sp³-hybridized carbons (Fsp3) is 0.333. The molecule has 0 aliphatic heterocycles. The van der Waals surface area contributed by atoms with Crippen molar-refractivity contribution in [2.24, 2.45) is 0 Å². The van der Waals surface area contributed by atoms with Crippen LogP contribution < -0.4 is 10.1 Å². The first kappa shape index (κ1) is 20.4. The summed E-state index contributed by atoms with van der Waals surface area (Å²) in [5.41, 5.74) is 2.35. The molecule has 0 aromatic heterocycles. The highest BCUT2D eigenvalue weighted by molar-refractivity contribution is 5.87. The molecular weight excluding hydrogens is 347 g/mol. The summed E-state index contributed by atoms with van der Waals surface area (Å²) in [5.74, 6) is -0.529. The van der Waals surface area contributed by atoms with Gasteiger partial charge in [0, 0.05) is 19.2 Å². The molecule has 1 N–H and O–H groups in total. The van der Waals surface area contributed by atoms with E-state index in [2.05, 4.69) is 5.32 Å². The molecule has 2 rings (SSSR count). The number of hydrogen-bond acceptors (Lipinski definition) is 3. The number of likely N-dealkylation sites (N-methyl/N-ethyl adjacent to an activating group) is 1. The standard InChI is InChI=1S/C21H25FN2O3/c1-14-8-7-11-19(15(14)2)27-13-20(25)24(16(3)21(26)23-4)12-17-9-5-6-10-18(17)22/h5-11,16H,12-13H2,1-4H3,(H,23,26). The van der Waals surface area contributed by atoms with Gasteiger partial charge >= 0.3 is 0 Å². The Morgan fingerprint density at radius 2 is 1.85 bits per heavy atom. The second-order valence-electron chi connectivity index (χ2n) is 6.39. The van der Waals surface area contributed by atoms with Gasteiger partial charge in [-0.2, -0.15) is 0 Å². The van der Waals surface area contributed by atoms with Crippen molar-refractivity contribution in [2.75, 3.05) is 13.7 Å². The largest absolute Gasteiger partial charge is 0.483 e. The number of aryl methyl sites for hydroxylation is 1. The smallest absolute Gasteiger partial charge is 0.261 e. The molecule has 0 radical (unpaired) electrons. The number of carbonyl (C=O) groups excluding carboxylic acids is 2. The number of benzene rings is 2. The summed E-state index contributed by atoms with van der Waals surface area (Å²) >= 11 is 0. The maximum absolute atomic E-state index is 14.0. The summed E-state index contributed by atoms with van der Waals surface area (Å²) < 4.78 is 19.7. The molecule has 0 heterocycles. The van der Waals surface area contributed by atoms with Crippen LogP contribution in [0.5, 0.6) is 5.75 Å². The van der Waals surface area contributed by atoms with Crippen molar-refractivity contribution in [3.8, 4) is 5.75 Å². The highest BCUT2D eigenvalue weighted by Gasteiger charge is 2.26. The van der Waals surface area contributed by atoms with Crippen LogP contribution in [0, 0.1) is 19.7 Å². The van der Waals surface area contributed by atoms with Gasteiger partial charge in [0.2, 0.25) is 5.91 Å². The van der Waals surface area contributed by atoms with Crippen LogP contribution in [0.15, 0.2) is 42.5 Å². The van der Waals surface area contributed by atoms with E-state index in [1.165, 1.54) is 18.0 Å². The van der Waals surface area contributed by atoms with Crippen LogP contribution in [0.4, 0.5) is 4.39 Å². The van der Waals surface area contributed by atoms with E-state index in [1.54, 1.807) is 31.2 Å². The van der Waals surface area contributed by atoms with E-state index in [9.17, 15) is 14.0 Å². The van der Waals surface area contributed by atoms with Crippen molar-refractivity contribution in [2.45, 2.75) is 33.4 Å². The number of carbonyl (C=O) groups is 2. The lowest BCUT2D eigenvalue weighted by Crippen LogP contribution is -2.48. The van der Waals surface area contributed by atoms with Gasteiger partial charge in [0.05, 0.1) is 0 Å². The number of amides is 2. The van der Waals surface area contributed by atoms with Crippen molar-refractivity contribution in [3.05, 3.63) is 65.0 Å². The first-order valence-electron chi connectivity index (χ1n) is 8.78. The van der Waals surface area contributed by atoms with E-state index in [-0.39, 0.29) is 19.1 Å². The second-order valence-corrected chi connectivity index (χ2v) is 6.39. The average Bonchev–Trinajstić information content (AvgIpc) is 2.67. The summed E-state index contributed by atoms with van der Waals surface area (Å²) in [5, 5.41) is 2.52. The van der Waals surface area contributed by atoms with E-state index in [0.29, 0.717) is 11.3 Å². The van der Waals surface area contributed by atoms with Gasteiger partial charge in [0.1, 0.15) is 17.6 Å². The monoisotopic (exact) mass is 372 g/mol. The maximum Gasteiger partial charge on any atom is 0.261 e. The minimum Gasteiger partial charge on any atom is -0.483 e. The van der Waals surface area contributed by atoms with Crippen molar-refractivity contribution in [1.29, 1.82) is 0 Å². The van der Waals surface area contributed by atoms with E-state index >= 15 is 0 Å². The van der Waals surface area contributed by atoms with Crippen molar-refractivity contribution in [3.63, 3.8) is 0 Å². The normalized spacial score (nSPS) is 11.6. The number of nitrogens with zero attached hydrogens (tertiary/aromatic N) is 1. The van der Waals surface area contributed by atoms with E-state index in [1.807, 2.05) is 26.0 Å². The Labute approximate surface area is 159 Å². The molecule has 2 aromatic carbocycles. The van der Waals surface area contributed by atoms with Gasteiger partial charge in [-0.1, -0.05) is 30.3 Å². The summed E-state index contributed by atoms with van der Waals surface area (Å²) in [6.07, 6.45) is 0. The van der Waals surface area contributed by atoms with Crippen LogP contribution >= 0.6 is 0 Å². The van der Waals surface area contributed by atoms with Gasteiger partial charge in [-0.25, -0.2) is 4.39 Å². The fourth-order valence-electron chi connectivity index (χ4n) is 2.70. The predicted octanol–water partition coefficient (Wildman–Crippen LogP) is 2.98. The number of ether oxygens (including phenoxy) is 1. The van der Waals surface area contributed by atoms with Crippen LogP contribution in [0.1, 0.15) is 23.6 Å². The first-order valence-corrected chi connectivity index (χ1v) is 8.78. The third-order valence-electron chi connectivity index (χ3n) is 4.62. The Morgan fingerprint density at radius 1 is 1.15 bits per heavy atom. The molecule has 6 heteroatoms. The van der Waals surface area contributed by atoms with Gasteiger partial charge in [-0.3, -0.25) is 9.59 Å². The molecule has 5 nitrogen and oxygen atoms in total. The topological polar surface area (TPSA) is 58.6 Å². The highest BCUT2D eigenvalue weighted by atomic mass is 19.1. The Kier molecular flexibility index (Phi) is 6.93. The molecule has 1 atom stereocenters. The third kappa shape index (κ3) is 5.06. The lowest BCUT2D eigenvalue weighted by atomic mass is 10.1. The van der Waals surface area contributed by atoms with Gasteiger partial charge in [-0.05, 0) is 44.0 Å². The number of halogens is 1. The molecule has 0 fully saturated rings. The van der Waals surface area contributed by atoms with E-state index < -0.39 is 17.8 Å². The van der Waals surface area contributed by atoms with E-state index in [0.717, 1.165) is 11.1 Å². The Bertz CT molecular complexity index is 823. The van der Waals surface area contributed by atoms with Crippen LogP contribution in [0.25, 0.3) is 0 Å². The summed E-state index contributed by atoms with van der Waals surface area (Å²) in [6, 6.07) is 11.0. The molecule has 2 aromatic rings. The lowest BCUT2D eigenvalue weighted by molar-refractivity contribution is -0.142. The van der Waals surface area contributed by atoms with Gasteiger partial charge in [0.15, 0.2) is 6.61 Å². The quantitative estimate of drug-likeness (QED) is 0.813. The Balaban J connectivity index is 2.19. The molecule has 0 bridgehead atoms. The predicted molar refractivity (Wildman–Crippen MR) is 102 cm³/mol. The van der Waals surface area contributed by atoms with Gasteiger partial charge < -0.3 is 15.0 Å². The summed E-state index contributed by atoms with van der Waals surface area (Å²) in [7, 11) is 1.50. The molecule has 144 valence electrons. The molecule has 0 saturated heterocycles. The first-order chi connectivity index (χ1) is 12.8. The lowest BCUT2D eigenvalue weighted by Gasteiger charge is -2.28. The molecular formula is C21H25FN2O3. The molecule has 0 spiro atoms. The Morgan fingerprint density at radius 3 is 2.52 bits per heavy atom. The molecule has 0 saturated carbocycles. The molecule has 0 aliphatic carbocycles. The van der Waals surface area contributed by atoms with Crippen LogP contribution in [-0.4, -0.2) is 36.4 Å². The number of rotatable bonds is 7. The zero-order valence-electron chi connectivity index (χ0n) is 16.1. The third-order valence-corrected chi connectivity index (χ3v) is 4.62. The average molecular weight is 372 g/mol. The van der Waals surface area contributed by atoms with Crippen LogP contribution in [0.3, 0.4) is 0 Å². The van der Waals surface area contributed by atoms with Crippen molar-refractivity contribution < 1.29 is 18.7 Å². The van der Waals surface area contributed by atoms with Crippen molar-refractivity contribution >= 4 is 11.8 Å². The van der Waals surface area contributed by atoms with Crippen LogP contribution in [-0.2, 0) is 16.1 Å². The molecule has 1 unspecified atom stereocenters. The van der Waals surface area contributed by atoms with Crippen molar-refractivity contribution in [1.82, 2.24) is 10.2 Å². The SMILES string of the molecule is CNC(=O)C(C)N(Cc1ccccc1F)C(=O)COc1cccc(C)c1C. The number of hydrogen-bond donors (Lipinski definition) is 1. The molecule has 0 aliphatic rings. The Hall–Kier alpha value is -2.89. The zero-order valence-corrected chi connectivity index (χ0v) is 16.1. The minimum atomic E-state index is -0.760. The highest BCUT2D eigenvalue weighted by Crippen LogP contribution is 2.21. The molecule has 27 heavy (non-hydrogen) atoms. The minimum absolute atomic E-state index is 0.0176. The maximum atomic E-state index is 14.0. The molecule has 2 amide bonds. The van der Waals surface area contributed by atoms with Gasteiger partial charge in [0.25, 0.3) is 5.91 Å². The summed E-state index contributed by atoms with van der Waals surface area (Å²) in [6.45, 7) is 5.23. The summed E-state index contributed by atoms with van der Waals surface area (Å²) in [4.78, 5) is 26.2. The van der Waals surface area contributed by atoms with Crippen LogP contribution in [0.2, 0.25) is 0 Å². The van der Waals surface area contributed by atoms with E-state index in [4.69, 9.17) is 4.74 Å². The second kappa shape index (κ2) is 9.16. The zero-order chi connectivity index (χ0) is 20.0. The fourth-order valence-corrected chi connectivity index (χ4v) is 2.70.